The fourth-order valence-electron chi connectivity index (χ4n) is 2.58. The minimum absolute atomic E-state index is 0.0795. The smallest absolute Gasteiger partial charge is 0.345 e. The molecular weight excluding hydrogens is 324 g/mol. The summed E-state index contributed by atoms with van der Waals surface area (Å²) in [5, 5.41) is 10.6. The van der Waals surface area contributed by atoms with Crippen LogP contribution in [0.1, 0.15) is 49.1 Å². The average molecular weight is 342 g/mol. The molecule has 0 fully saturated rings. The predicted octanol–water partition coefficient (Wildman–Crippen LogP) is 2.48. The van der Waals surface area contributed by atoms with Crippen LogP contribution in [0.15, 0.2) is 36.4 Å². The highest BCUT2D eigenvalue weighted by atomic mass is 16.6. The van der Waals surface area contributed by atoms with E-state index < -0.39 is 18.0 Å². The van der Waals surface area contributed by atoms with Gasteiger partial charge in [0.15, 0.2) is 0 Å². The van der Waals surface area contributed by atoms with Crippen molar-refractivity contribution in [1.29, 1.82) is 0 Å². The number of hydrogen-bond donors (Lipinski definition) is 1. The van der Waals surface area contributed by atoms with E-state index in [1.165, 1.54) is 13.2 Å². The quantitative estimate of drug-likeness (QED) is 0.510. The molecule has 0 bridgehead atoms. The fraction of sp³-hybridized carbons (Fsp3) is 0.211. The topological polar surface area (TPSA) is 89.9 Å². The number of carbonyl (C=O) groups excluding carboxylic acids is 3. The van der Waals surface area contributed by atoms with E-state index in [-0.39, 0.29) is 12.0 Å². The number of ether oxygens (including phenoxy) is 2. The molecule has 0 aliphatic heterocycles. The molecule has 25 heavy (non-hydrogen) atoms. The van der Waals surface area contributed by atoms with E-state index in [0.29, 0.717) is 27.8 Å². The molecule has 0 aliphatic rings. The fourth-order valence-corrected chi connectivity index (χ4v) is 2.58. The molecule has 1 unspecified atom stereocenters. The number of benzene rings is 2. The summed E-state index contributed by atoms with van der Waals surface area (Å²) >= 11 is 0. The molecule has 1 N–H and O–H groups in total. The number of esters is 2. The molecule has 0 saturated carbocycles. The molecule has 0 radical (unpaired) electrons. The minimum Gasteiger partial charge on any atom is -0.465 e. The SMILES string of the molecule is COC(=O)c1ccc(C(O)c2ccc(C(=O)OC=O)c(C)c2)cc1C. The maximum absolute atomic E-state index is 11.6. The molecule has 0 aromatic heterocycles. The zero-order valence-electron chi connectivity index (χ0n) is 14.1. The van der Waals surface area contributed by atoms with Crippen molar-refractivity contribution >= 4 is 18.4 Å². The highest BCUT2D eigenvalue weighted by molar-refractivity contribution is 5.94. The van der Waals surface area contributed by atoms with Crippen molar-refractivity contribution in [2.45, 2.75) is 20.0 Å². The summed E-state index contributed by atoms with van der Waals surface area (Å²) in [5.41, 5.74) is 3.12. The van der Waals surface area contributed by atoms with Crippen LogP contribution in [-0.4, -0.2) is 30.6 Å². The first-order valence-electron chi connectivity index (χ1n) is 7.51. The van der Waals surface area contributed by atoms with Crippen molar-refractivity contribution in [3.05, 3.63) is 69.8 Å². The summed E-state index contributed by atoms with van der Waals surface area (Å²) in [7, 11) is 1.31. The number of rotatable bonds is 5. The monoisotopic (exact) mass is 342 g/mol. The van der Waals surface area contributed by atoms with Gasteiger partial charge in [0.2, 0.25) is 0 Å². The van der Waals surface area contributed by atoms with Gasteiger partial charge in [-0.1, -0.05) is 24.3 Å². The summed E-state index contributed by atoms with van der Waals surface area (Å²) in [5.74, 6) is -1.18. The van der Waals surface area contributed by atoms with Gasteiger partial charge >= 0.3 is 18.4 Å². The van der Waals surface area contributed by atoms with Gasteiger partial charge in [-0.15, -0.1) is 0 Å². The molecule has 0 heterocycles. The average Bonchev–Trinajstić information content (AvgIpc) is 2.60. The van der Waals surface area contributed by atoms with Gasteiger partial charge < -0.3 is 14.6 Å². The number of aliphatic hydroxyl groups is 1. The van der Waals surface area contributed by atoms with E-state index in [0.717, 1.165) is 0 Å². The second-order valence-electron chi connectivity index (χ2n) is 5.54. The first-order chi connectivity index (χ1) is 11.9. The Bertz CT molecular complexity index is 825. The number of carbonyl (C=O) groups is 3. The van der Waals surface area contributed by atoms with Crippen molar-refractivity contribution < 1.29 is 29.0 Å². The van der Waals surface area contributed by atoms with E-state index in [9.17, 15) is 19.5 Å². The van der Waals surface area contributed by atoms with Crippen LogP contribution < -0.4 is 0 Å². The molecule has 2 aromatic rings. The Kier molecular flexibility index (Phi) is 5.67. The lowest BCUT2D eigenvalue weighted by atomic mass is 9.95. The van der Waals surface area contributed by atoms with Crippen LogP contribution in [0.25, 0.3) is 0 Å². The summed E-state index contributed by atoms with van der Waals surface area (Å²) in [6.45, 7) is 3.52. The molecule has 0 spiro atoms. The van der Waals surface area contributed by atoms with Gasteiger partial charge in [0.05, 0.1) is 18.2 Å². The lowest BCUT2D eigenvalue weighted by Gasteiger charge is -2.15. The maximum atomic E-state index is 11.6. The molecule has 6 heteroatoms. The third kappa shape index (κ3) is 3.92. The van der Waals surface area contributed by atoms with Crippen molar-refractivity contribution in [2.75, 3.05) is 7.11 Å². The molecule has 130 valence electrons. The van der Waals surface area contributed by atoms with Crippen LogP contribution >= 0.6 is 0 Å². The molecule has 0 saturated heterocycles. The van der Waals surface area contributed by atoms with Crippen LogP contribution in [0.4, 0.5) is 0 Å². The highest BCUT2D eigenvalue weighted by Gasteiger charge is 2.17. The van der Waals surface area contributed by atoms with Gasteiger partial charge in [0.25, 0.3) is 0 Å². The third-order valence-corrected chi connectivity index (χ3v) is 3.91. The van der Waals surface area contributed by atoms with Crippen molar-refractivity contribution in [3.8, 4) is 0 Å². The van der Waals surface area contributed by atoms with Crippen LogP contribution in [0, 0.1) is 13.8 Å². The van der Waals surface area contributed by atoms with Crippen LogP contribution in [0.2, 0.25) is 0 Å². The Balaban J connectivity index is 2.31. The summed E-state index contributed by atoms with van der Waals surface area (Å²) in [4.78, 5) is 33.5. The van der Waals surface area contributed by atoms with E-state index in [2.05, 4.69) is 4.74 Å². The predicted molar refractivity (Wildman–Crippen MR) is 89.2 cm³/mol. The molecule has 1 atom stereocenters. The largest absolute Gasteiger partial charge is 0.465 e. The Hall–Kier alpha value is -2.99. The minimum atomic E-state index is -0.930. The van der Waals surface area contributed by atoms with Crippen molar-refractivity contribution in [3.63, 3.8) is 0 Å². The lowest BCUT2D eigenvalue weighted by Crippen LogP contribution is -2.08. The van der Waals surface area contributed by atoms with E-state index in [4.69, 9.17) is 4.74 Å². The zero-order valence-corrected chi connectivity index (χ0v) is 14.1. The van der Waals surface area contributed by atoms with Gasteiger partial charge in [0.1, 0.15) is 6.10 Å². The maximum Gasteiger partial charge on any atom is 0.345 e. The number of aliphatic hydroxyl groups excluding tert-OH is 1. The Labute approximate surface area is 145 Å². The molecule has 6 nitrogen and oxygen atoms in total. The highest BCUT2D eigenvalue weighted by Crippen LogP contribution is 2.26. The normalized spacial score (nSPS) is 11.5. The van der Waals surface area contributed by atoms with Crippen molar-refractivity contribution in [2.24, 2.45) is 0 Å². The molecular formula is C19H18O6. The second-order valence-corrected chi connectivity index (χ2v) is 5.54. The van der Waals surface area contributed by atoms with Crippen LogP contribution in [-0.2, 0) is 14.3 Å². The van der Waals surface area contributed by atoms with Crippen LogP contribution in [0.3, 0.4) is 0 Å². The zero-order chi connectivity index (χ0) is 18.6. The summed E-state index contributed by atoms with van der Waals surface area (Å²) < 4.78 is 9.03. The van der Waals surface area contributed by atoms with Gasteiger partial charge in [-0.25, -0.2) is 9.59 Å². The molecule has 2 rings (SSSR count). The number of aryl methyl sites for hydroxylation is 2. The van der Waals surface area contributed by atoms with E-state index >= 15 is 0 Å². The van der Waals surface area contributed by atoms with Crippen molar-refractivity contribution in [1.82, 2.24) is 0 Å². The van der Waals surface area contributed by atoms with Gasteiger partial charge in [0, 0.05) is 0 Å². The molecule has 0 aliphatic carbocycles. The molecule has 2 aromatic carbocycles. The number of hydrogen-bond acceptors (Lipinski definition) is 6. The molecule has 0 amide bonds. The van der Waals surface area contributed by atoms with E-state index in [1.807, 2.05) is 0 Å². The Morgan fingerprint density at radius 1 is 0.960 bits per heavy atom. The first kappa shape index (κ1) is 18.4. The van der Waals surface area contributed by atoms with Gasteiger partial charge in [-0.05, 0) is 48.2 Å². The second kappa shape index (κ2) is 7.72. The Morgan fingerprint density at radius 2 is 1.44 bits per heavy atom. The number of methoxy groups -OCH3 is 1. The van der Waals surface area contributed by atoms with Gasteiger partial charge in [-0.3, -0.25) is 4.79 Å². The van der Waals surface area contributed by atoms with Crippen LogP contribution in [0.5, 0.6) is 0 Å². The summed E-state index contributed by atoms with van der Waals surface area (Å²) in [6, 6.07) is 9.69. The van der Waals surface area contributed by atoms with Gasteiger partial charge in [-0.2, -0.15) is 0 Å². The summed E-state index contributed by atoms with van der Waals surface area (Å²) in [6.07, 6.45) is -0.930. The Morgan fingerprint density at radius 3 is 1.84 bits per heavy atom. The third-order valence-electron chi connectivity index (χ3n) is 3.91. The standard InChI is InChI=1S/C19H18O6/c1-11-8-13(4-6-15(11)18(22)24-3)17(21)14-5-7-16(12(2)9-14)19(23)25-10-20/h4-10,17,21H,1-3H3. The van der Waals surface area contributed by atoms with E-state index in [1.54, 1.807) is 44.2 Å². The first-order valence-corrected chi connectivity index (χ1v) is 7.51. The lowest BCUT2D eigenvalue weighted by molar-refractivity contribution is -0.123.